The van der Waals surface area contributed by atoms with Gasteiger partial charge in [0, 0.05) is 25.4 Å². The van der Waals surface area contributed by atoms with Gasteiger partial charge >= 0.3 is 5.97 Å². The Morgan fingerprint density at radius 2 is 1.62 bits per heavy atom. The van der Waals surface area contributed by atoms with Crippen LogP contribution in [-0.2, 0) is 14.3 Å². The summed E-state index contributed by atoms with van der Waals surface area (Å²) in [7, 11) is 0. The number of morpholine rings is 1. The molecule has 3 rings (SSSR count). The number of carboxylic acids is 1. The van der Waals surface area contributed by atoms with Crippen molar-refractivity contribution in [2.24, 2.45) is 0 Å². The summed E-state index contributed by atoms with van der Waals surface area (Å²) in [5, 5.41) is 8.95. The average molecular weight is 353 g/mol. The van der Waals surface area contributed by atoms with E-state index in [0.29, 0.717) is 26.1 Å². The second-order valence-corrected chi connectivity index (χ2v) is 6.51. The van der Waals surface area contributed by atoms with Crippen LogP contribution in [0.1, 0.15) is 29.9 Å². The summed E-state index contributed by atoms with van der Waals surface area (Å²) >= 11 is 0. The number of ether oxygens (including phenoxy) is 1. The van der Waals surface area contributed by atoms with Crippen molar-refractivity contribution in [2.75, 3.05) is 19.7 Å². The minimum atomic E-state index is -0.907. The fourth-order valence-corrected chi connectivity index (χ4v) is 3.37. The number of rotatable bonds is 6. The molecule has 26 heavy (non-hydrogen) atoms. The number of hydrogen-bond donors (Lipinski definition) is 1. The van der Waals surface area contributed by atoms with E-state index in [0.717, 1.165) is 11.1 Å². The van der Waals surface area contributed by atoms with Crippen LogP contribution in [0.5, 0.6) is 0 Å². The van der Waals surface area contributed by atoms with Crippen molar-refractivity contribution in [3.8, 4) is 0 Å². The van der Waals surface area contributed by atoms with Gasteiger partial charge in [-0.15, -0.1) is 0 Å². The smallest absolute Gasteiger partial charge is 0.306 e. The number of benzene rings is 2. The quantitative estimate of drug-likeness (QED) is 0.867. The van der Waals surface area contributed by atoms with Gasteiger partial charge in [0.15, 0.2) is 0 Å². The molecule has 0 bridgehead atoms. The van der Waals surface area contributed by atoms with Crippen molar-refractivity contribution >= 4 is 11.9 Å². The Kier molecular flexibility index (Phi) is 6.02. The Labute approximate surface area is 153 Å². The molecular formula is C21H23NO4. The number of nitrogens with zero attached hydrogens (tertiary/aromatic N) is 1. The minimum absolute atomic E-state index is 0.0225. The predicted octanol–water partition coefficient (Wildman–Crippen LogP) is 2.91. The maximum atomic E-state index is 12.9. The Hall–Kier alpha value is -2.66. The first-order valence-electron chi connectivity index (χ1n) is 8.84. The van der Waals surface area contributed by atoms with E-state index in [1.165, 1.54) is 0 Å². The molecule has 1 saturated heterocycles. The van der Waals surface area contributed by atoms with Gasteiger partial charge in [-0.1, -0.05) is 60.7 Å². The van der Waals surface area contributed by atoms with E-state index in [-0.39, 0.29) is 18.2 Å². The van der Waals surface area contributed by atoms with Gasteiger partial charge < -0.3 is 14.7 Å². The van der Waals surface area contributed by atoms with Crippen LogP contribution in [0.2, 0.25) is 0 Å². The Bertz CT molecular complexity index is 693. The third kappa shape index (κ3) is 4.70. The van der Waals surface area contributed by atoms with Crippen molar-refractivity contribution in [2.45, 2.75) is 24.9 Å². The van der Waals surface area contributed by atoms with Crippen molar-refractivity contribution < 1.29 is 19.4 Å². The lowest BCUT2D eigenvalue weighted by molar-refractivity contribution is -0.147. The molecule has 0 aromatic heterocycles. The number of amides is 1. The SMILES string of the molecule is O=C(O)C[C@H]1CN(C(=O)CC(c2ccccc2)c2ccccc2)CCO1. The number of aliphatic carboxylic acids is 1. The van der Waals surface area contributed by atoms with Gasteiger partial charge in [0.25, 0.3) is 0 Å². The number of carboxylic acid groups (broad SMARTS) is 1. The van der Waals surface area contributed by atoms with Crippen molar-refractivity contribution in [3.63, 3.8) is 0 Å². The maximum absolute atomic E-state index is 12.9. The normalized spacial score (nSPS) is 17.3. The van der Waals surface area contributed by atoms with E-state index >= 15 is 0 Å². The fourth-order valence-electron chi connectivity index (χ4n) is 3.37. The maximum Gasteiger partial charge on any atom is 0.306 e. The Morgan fingerprint density at radius 1 is 1.04 bits per heavy atom. The van der Waals surface area contributed by atoms with E-state index < -0.39 is 12.1 Å². The number of carbonyl (C=O) groups excluding carboxylic acids is 1. The van der Waals surface area contributed by atoms with Crippen LogP contribution in [0.4, 0.5) is 0 Å². The third-order valence-electron chi connectivity index (χ3n) is 4.68. The predicted molar refractivity (Wildman–Crippen MR) is 97.9 cm³/mol. The first kappa shape index (κ1) is 18.1. The standard InChI is InChI=1S/C21H23NO4/c23-20(22-11-12-26-18(15-22)13-21(24)25)14-19(16-7-3-1-4-8-16)17-9-5-2-6-10-17/h1-10,18-19H,11-15H2,(H,24,25)/t18-/m0/s1. The first-order valence-corrected chi connectivity index (χ1v) is 8.84. The molecule has 5 heteroatoms. The van der Waals surface area contributed by atoms with E-state index in [2.05, 4.69) is 0 Å². The van der Waals surface area contributed by atoms with Crippen LogP contribution in [0.25, 0.3) is 0 Å². The molecule has 5 nitrogen and oxygen atoms in total. The molecule has 0 aliphatic carbocycles. The summed E-state index contributed by atoms with van der Waals surface area (Å²) in [5.74, 6) is -0.900. The molecule has 1 fully saturated rings. The average Bonchev–Trinajstić information content (AvgIpc) is 2.67. The molecule has 1 N–H and O–H groups in total. The molecule has 0 unspecified atom stereocenters. The lowest BCUT2D eigenvalue weighted by atomic mass is 9.88. The monoisotopic (exact) mass is 353 g/mol. The molecule has 136 valence electrons. The van der Waals surface area contributed by atoms with Gasteiger partial charge in [0.2, 0.25) is 5.91 Å². The molecule has 1 aliphatic heterocycles. The van der Waals surface area contributed by atoms with E-state index in [4.69, 9.17) is 9.84 Å². The van der Waals surface area contributed by atoms with Crippen LogP contribution < -0.4 is 0 Å². The Morgan fingerprint density at radius 3 is 2.15 bits per heavy atom. The van der Waals surface area contributed by atoms with Crippen LogP contribution in [0.15, 0.2) is 60.7 Å². The molecule has 0 radical (unpaired) electrons. The highest BCUT2D eigenvalue weighted by Crippen LogP contribution is 2.29. The van der Waals surface area contributed by atoms with Gasteiger partial charge in [0.05, 0.1) is 19.1 Å². The highest BCUT2D eigenvalue weighted by Gasteiger charge is 2.28. The molecule has 1 heterocycles. The summed E-state index contributed by atoms with van der Waals surface area (Å²) in [6.07, 6.45) is -0.157. The molecule has 2 aromatic carbocycles. The van der Waals surface area contributed by atoms with E-state index in [1.54, 1.807) is 4.90 Å². The molecule has 2 aromatic rings. The van der Waals surface area contributed by atoms with Gasteiger partial charge in [-0.2, -0.15) is 0 Å². The summed E-state index contributed by atoms with van der Waals surface area (Å²) in [6, 6.07) is 20.0. The second-order valence-electron chi connectivity index (χ2n) is 6.51. The highest BCUT2D eigenvalue weighted by atomic mass is 16.5. The molecule has 1 amide bonds. The first-order chi connectivity index (χ1) is 12.6. The van der Waals surface area contributed by atoms with Crippen LogP contribution in [0.3, 0.4) is 0 Å². The van der Waals surface area contributed by atoms with Gasteiger partial charge in [-0.3, -0.25) is 9.59 Å². The Balaban J connectivity index is 1.74. The van der Waals surface area contributed by atoms with E-state index in [9.17, 15) is 9.59 Å². The minimum Gasteiger partial charge on any atom is -0.481 e. The molecule has 1 atom stereocenters. The molecule has 0 saturated carbocycles. The van der Waals surface area contributed by atoms with Crippen LogP contribution in [0, 0.1) is 0 Å². The third-order valence-corrected chi connectivity index (χ3v) is 4.68. The van der Waals surface area contributed by atoms with Crippen LogP contribution >= 0.6 is 0 Å². The van der Waals surface area contributed by atoms with E-state index in [1.807, 2.05) is 60.7 Å². The summed E-state index contributed by atoms with van der Waals surface area (Å²) in [4.78, 5) is 25.5. The lowest BCUT2D eigenvalue weighted by Crippen LogP contribution is -2.46. The van der Waals surface area contributed by atoms with Crippen molar-refractivity contribution in [3.05, 3.63) is 71.8 Å². The molecular weight excluding hydrogens is 330 g/mol. The fraction of sp³-hybridized carbons (Fsp3) is 0.333. The number of carbonyl (C=O) groups is 2. The van der Waals surface area contributed by atoms with Gasteiger partial charge in [0.1, 0.15) is 0 Å². The van der Waals surface area contributed by atoms with Gasteiger partial charge in [-0.25, -0.2) is 0 Å². The van der Waals surface area contributed by atoms with Crippen LogP contribution in [-0.4, -0.2) is 47.7 Å². The number of hydrogen-bond acceptors (Lipinski definition) is 3. The zero-order chi connectivity index (χ0) is 18.4. The van der Waals surface area contributed by atoms with Gasteiger partial charge in [-0.05, 0) is 11.1 Å². The zero-order valence-corrected chi connectivity index (χ0v) is 14.6. The summed E-state index contributed by atoms with van der Waals surface area (Å²) < 4.78 is 5.47. The largest absolute Gasteiger partial charge is 0.481 e. The van der Waals surface area contributed by atoms with Crippen molar-refractivity contribution in [1.82, 2.24) is 4.90 Å². The topological polar surface area (TPSA) is 66.8 Å². The van der Waals surface area contributed by atoms with Crippen molar-refractivity contribution in [1.29, 1.82) is 0 Å². The highest BCUT2D eigenvalue weighted by molar-refractivity contribution is 5.78. The summed E-state index contributed by atoms with van der Waals surface area (Å²) in [5.41, 5.74) is 2.20. The zero-order valence-electron chi connectivity index (χ0n) is 14.6. The molecule has 0 spiro atoms. The lowest BCUT2D eigenvalue weighted by Gasteiger charge is -2.33. The second kappa shape index (κ2) is 8.63. The molecule has 1 aliphatic rings. The summed E-state index contributed by atoms with van der Waals surface area (Å²) in [6.45, 7) is 1.22.